The summed E-state index contributed by atoms with van der Waals surface area (Å²) >= 11 is 0. The first kappa shape index (κ1) is 30.5. The molecule has 0 bridgehead atoms. The third-order valence-corrected chi connectivity index (χ3v) is 6.09. The van der Waals surface area contributed by atoms with E-state index >= 15 is 0 Å². The molecule has 9 atom stereocenters. The van der Waals surface area contributed by atoms with Crippen LogP contribution in [-0.4, -0.2) is 85.0 Å². The monoisotopic (exact) mass is 544 g/mol. The van der Waals surface area contributed by atoms with E-state index in [1.807, 2.05) is 0 Å². The second-order valence-electron chi connectivity index (χ2n) is 9.07. The van der Waals surface area contributed by atoms with E-state index in [2.05, 4.69) is 0 Å². The van der Waals surface area contributed by atoms with Crippen molar-refractivity contribution < 1.29 is 66.7 Å². The van der Waals surface area contributed by atoms with Gasteiger partial charge in [0.15, 0.2) is 12.2 Å². The van der Waals surface area contributed by atoms with Gasteiger partial charge >= 0.3 is 41.8 Å². The van der Waals surface area contributed by atoms with E-state index in [1.54, 1.807) is 0 Å². The van der Waals surface area contributed by atoms with Gasteiger partial charge in [0, 0.05) is 66.2 Å². The van der Waals surface area contributed by atoms with Crippen LogP contribution >= 0.6 is 0 Å². The highest BCUT2D eigenvalue weighted by molar-refractivity contribution is 5.70. The lowest BCUT2D eigenvalue weighted by atomic mass is 9.68. The molecule has 14 nitrogen and oxygen atoms in total. The first-order chi connectivity index (χ1) is 17.6. The molecule has 0 amide bonds. The van der Waals surface area contributed by atoms with Gasteiger partial charge < -0.3 is 33.2 Å². The molecule has 0 unspecified atom stereocenters. The molecule has 2 fully saturated rings. The molecular formula is C24H32O14. The molecule has 2 rings (SSSR count). The summed E-state index contributed by atoms with van der Waals surface area (Å²) < 4.78 is 38.2. The average Bonchev–Trinajstić information content (AvgIpc) is 3.00. The van der Waals surface area contributed by atoms with Crippen molar-refractivity contribution in [1.29, 1.82) is 0 Å². The first-order valence-electron chi connectivity index (χ1n) is 11.8. The predicted molar refractivity (Wildman–Crippen MR) is 120 cm³/mol. The standard InChI is InChI=1S/C24H32O14/c1-9(25)32-8-16-17-18(21(35-12(4)28)23(37-14(6)30)19(16)33-10(2)26)22(36-13(5)29)24(38-15(7)31)20(17)34-11(3)27/h16-24H,8H2,1-7H3/t16-,17-,18-,19-,20+,21+,22-,23-,24+/m1/s1. The minimum atomic E-state index is -1.46. The number of rotatable bonds is 8. The van der Waals surface area contributed by atoms with E-state index in [1.165, 1.54) is 0 Å². The van der Waals surface area contributed by atoms with E-state index in [-0.39, 0.29) is 0 Å². The summed E-state index contributed by atoms with van der Waals surface area (Å²) in [6.45, 7) is 7.20. The topological polar surface area (TPSA) is 184 Å². The number of ether oxygens (including phenoxy) is 7. The fraction of sp³-hybridized carbons (Fsp3) is 0.708. The number of esters is 7. The summed E-state index contributed by atoms with van der Waals surface area (Å²) in [4.78, 5) is 84.5. The molecule has 0 saturated heterocycles. The van der Waals surface area contributed by atoms with Crippen LogP contribution in [0.25, 0.3) is 0 Å². The average molecular weight is 545 g/mol. The van der Waals surface area contributed by atoms with Crippen molar-refractivity contribution in [3.63, 3.8) is 0 Å². The Morgan fingerprint density at radius 2 is 0.684 bits per heavy atom. The molecule has 0 aromatic heterocycles. The Kier molecular flexibility index (Phi) is 10.2. The molecule has 14 heteroatoms. The summed E-state index contributed by atoms with van der Waals surface area (Å²) in [5, 5.41) is 0. The zero-order valence-electron chi connectivity index (χ0n) is 22.1. The fourth-order valence-corrected chi connectivity index (χ4v) is 5.30. The molecule has 0 spiro atoms. The Hall–Kier alpha value is -3.71. The Morgan fingerprint density at radius 3 is 1.03 bits per heavy atom. The number of hydrogen-bond acceptors (Lipinski definition) is 14. The molecule has 2 aliphatic carbocycles. The Morgan fingerprint density at radius 1 is 0.395 bits per heavy atom. The molecule has 2 saturated carbocycles. The highest BCUT2D eigenvalue weighted by atomic mass is 16.6. The van der Waals surface area contributed by atoms with Gasteiger partial charge in [0.1, 0.15) is 24.4 Å². The maximum atomic E-state index is 12.2. The third kappa shape index (κ3) is 7.42. The normalized spacial score (nSPS) is 31.6. The van der Waals surface area contributed by atoms with Crippen LogP contribution < -0.4 is 0 Å². The van der Waals surface area contributed by atoms with E-state index in [0.717, 1.165) is 48.5 Å². The van der Waals surface area contributed by atoms with Crippen LogP contribution in [0, 0.1) is 17.8 Å². The molecule has 0 aromatic carbocycles. The maximum Gasteiger partial charge on any atom is 0.303 e. The van der Waals surface area contributed by atoms with E-state index in [0.29, 0.717) is 0 Å². The van der Waals surface area contributed by atoms with Gasteiger partial charge in [-0.15, -0.1) is 0 Å². The molecule has 0 aliphatic heterocycles. The quantitative estimate of drug-likeness (QED) is 0.294. The van der Waals surface area contributed by atoms with Gasteiger partial charge in [-0.05, 0) is 0 Å². The van der Waals surface area contributed by atoms with E-state index in [4.69, 9.17) is 33.2 Å². The van der Waals surface area contributed by atoms with Gasteiger partial charge in [-0.1, -0.05) is 0 Å². The van der Waals surface area contributed by atoms with Crippen molar-refractivity contribution in [3.8, 4) is 0 Å². The van der Waals surface area contributed by atoms with Crippen molar-refractivity contribution in [2.75, 3.05) is 6.61 Å². The zero-order valence-corrected chi connectivity index (χ0v) is 22.1. The Bertz CT molecular complexity index is 959. The van der Waals surface area contributed by atoms with Crippen molar-refractivity contribution in [2.45, 2.75) is 85.1 Å². The molecule has 0 N–H and O–H groups in total. The lowest BCUT2D eigenvalue weighted by Crippen LogP contribution is -2.62. The number of hydrogen-bond donors (Lipinski definition) is 0. The van der Waals surface area contributed by atoms with Gasteiger partial charge in [0.05, 0.1) is 6.61 Å². The summed E-state index contributed by atoms with van der Waals surface area (Å²) in [7, 11) is 0. The predicted octanol–water partition coefficient (Wildman–Crippen LogP) is 0.0155. The molecular weight excluding hydrogens is 512 g/mol. The number of carbonyl (C=O) groups is 7. The molecule has 0 aromatic rings. The van der Waals surface area contributed by atoms with Crippen LogP contribution in [0.4, 0.5) is 0 Å². The molecule has 2 aliphatic rings. The number of fused-ring (bicyclic) bond motifs is 1. The lowest BCUT2D eigenvalue weighted by Gasteiger charge is -2.48. The van der Waals surface area contributed by atoms with Crippen LogP contribution in [0.3, 0.4) is 0 Å². The molecule has 0 radical (unpaired) electrons. The summed E-state index contributed by atoms with van der Waals surface area (Å²) in [6.07, 6.45) is -8.38. The van der Waals surface area contributed by atoms with Crippen LogP contribution in [-0.2, 0) is 66.7 Å². The van der Waals surface area contributed by atoms with Crippen molar-refractivity contribution in [1.82, 2.24) is 0 Å². The lowest BCUT2D eigenvalue weighted by molar-refractivity contribution is -0.227. The number of carbonyl (C=O) groups excluding carboxylic acids is 7. The second-order valence-corrected chi connectivity index (χ2v) is 9.07. The van der Waals surface area contributed by atoms with Crippen molar-refractivity contribution in [2.24, 2.45) is 17.8 Å². The fourth-order valence-electron chi connectivity index (χ4n) is 5.30. The van der Waals surface area contributed by atoms with E-state index in [9.17, 15) is 33.6 Å². The van der Waals surface area contributed by atoms with Crippen LogP contribution in [0.2, 0.25) is 0 Å². The summed E-state index contributed by atoms with van der Waals surface area (Å²) in [5.74, 6) is -8.82. The second kappa shape index (κ2) is 12.7. The van der Waals surface area contributed by atoms with Crippen LogP contribution in [0.5, 0.6) is 0 Å². The maximum absolute atomic E-state index is 12.2. The smallest absolute Gasteiger partial charge is 0.303 e. The SMILES string of the molecule is CC(=O)OC[C@H]1[C@@H](OC(C)=O)[C@@H](OC(C)=O)[C@@H](OC(C)=O)[C@@H]2[C@@H](OC(C)=O)[C@@H](OC(C)=O)[C@@H](OC(C)=O)[C@H]12. The highest BCUT2D eigenvalue weighted by Gasteiger charge is 2.69. The largest absolute Gasteiger partial charge is 0.465 e. The Labute approximate surface area is 218 Å². The van der Waals surface area contributed by atoms with Gasteiger partial charge in [-0.2, -0.15) is 0 Å². The van der Waals surface area contributed by atoms with Crippen LogP contribution in [0.15, 0.2) is 0 Å². The van der Waals surface area contributed by atoms with Crippen molar-refractivity contribution in [3.05, 3.63) is 0 Å². The van der Waals surface area contributed by atoms with Crippen LogP contribution in [0.1, 0.15) is 48.5 Å². The molecule has 38 heavy (non-hydrogen) atoms. The first-order valence-corrected chi connectivity index (χ1v) is 11.8. The minimum Gasteiger partial charge on any atom is -0.465 e. The molecule has 0 heterocycles. The van der Waals surface area contributed by atoms with Gasteiger partial charge in [-0.25, -0.2) is 0 Å². The zero-order chi connectivity index (χ0) is 28.9. The third-order valence-electron chi connectivity index (χ3n) is 6.09. The van der Waals surface area contributed by atoms with Gasteiger partial charge in [0.25, 0.3) is 0 Å². The summed E-state index contributed by atoms with van der Waals surface area (Å²) in [6, 6.07) is 0. The Balaban J connectivity index is 2.86. The van der Waals surface area contributed by atoms with E-state index < -0.39 is 103 Å². The van der Waals surface area contributed by atoms with Crippen molar-refractivity contribution >= 4 is 41.8 Å². The minimum absolute atomic E-state index is 0.434. The highest BCUT2D eigenvalue weighted by Crippen LogP contribution is 2.52. The summed E-state index contributed by atoms with van der Waals surface area (Å²) in [5.41, 5.74) is 0. The van der Waals surface area contributed by atoms with Gasteiger partial charge in [0.2, 0.25) is 0 Å². The van der Waals surface area contributed by atoms with Gasteiger partial charge in [-0.3, -0.25) is 33.6 Å². The molecule has 212 valence electrons.